The summed E-state index contributed by atoms with van der Waals surface area (Å²) in [7, 11) is 0.195. The summed E-state index contributed by atoms with van der Waals surface area (Å²) < 4.78 is 22.6. The first-order valence-corrected chi connectivity index (χ1v) is 7.39. The molecular weight excluding hydrogens is 252 g/mol. The predicted molar refractivity (Wildman–Crippen MR) is 71.3 cm³/mol. The molecule has 18 heavy (non-hydrogen) atoms. The molecule has 0 heterocycles. The van der Waals surface area contributed by atoms with Crippen LogP contribution in [0.2, 0.25) is 0 Å². The van der Waals surface area contributed by atoms with Crippen molar-refractivity contribution in [3.63, 3.8) is 0 Å². The number of amides is 1. The van der Waals surface area contributed by atoms with Crippen LogP contribution >= 0.6 is 0 Å². The molecule has 6 heteroatoms. The summed E-state index contributed by atoms with van der Waals surface area (Å²) in [6.45, 7) is 1.76. The Hall–Kier alpha value is -1.56. The van der Waals surface area contributed by atoms with Gasteiger partial charge in [0, 0.05) is 26.0 Å². The van der Waals surface area contributed by atoms with Crippen molar-refractivity contribution in [2.75, 3.05) is 25.7 Å². The molecule has 0 aliphatic carbocycles. The second-order valence-corrected chi connectivity index (χ2v) is 6.41. The molecule has 0 aliphatic rings. The maximum absolute atomic E-state index is 11.6. The van der Waals surface area contributed by atoms with Crippen molar-refractivity contribution in [1.29, 1.82) is 0 Å². The third kappa shape index (κ3) is 3.73. The largest absolute Gasteiger partial charge is 0.374 e. The number of nitrogens with one attached hydrogen (secondary N) is 1. The lowest BCUT2D eigenvalue weighted by molar-refractivity contribution is -0.129. The van der Waals surface area contributed by atoms with E-state index in [1.54, 1.807) is 33.2 Å². The summed E-state index contributed by atoms with van der Waals surface area (Å²) in [4.78, 5) is 13.4. The Bertz CT molecular complexity index is 521. The van der Waals surface area contributed by atoms with Gasteiger partial charge in [-0.15, -0.1) is 0 Å². The molecule has 1 rings (SSSR count). The molecule has 0 saturated heterocycles. The molecule has 0 saturated carbocycles. The van der Waals surface area contributed by atoms with Gasteiger partial charge in [-0.2, -0.15) is 0 Å². The van der Waals surface area contributed by atoms with Crippen LogP contribution in [-0.4, -0.2) is 45.6 Å². The maximum atomic E-state index is 11.6. The van der Waals surface area contributed by atoms with Gasteiger partial charge in [0.05, 0.1) is 4.90 Å². The van der Waals surface area contributed by atoms with Crippen molar-refractivity contribution in [1.82, 2.24) is 4.90 Å². The quantitative estimate of drug-likeness (QED) is 0.885. The highest BCUT2D eigenvalue weighted by Gasteiger charge is 2.14. The topological polar surface area (TPSA) is 66.5 Å². The molecule has 1 amide bonds. The first-order valence-electron chi connectivity index (χ1n) is 5.49. The minimum Gasteiger partial charge on any atom is -0.374 e. The van der Waals surface area contributed by atoms with Crippen molar-refractivity contribution in [2.24, 2.45) is 0 Å². The summed E-state index contributed by atoms with van der Waals surface area (Å²) in [6.07, 6.45) is 1.16. The van der Waals surface area contributed by atoms with Crippen LogP contribution in [0.15, 0.2) is 29.2 Å². The number of hydrogen-bond acceptors (Lipinski definition) is 4. The number of hydrogen-bond donors (Lipinski definition) is 1. The number of anilines is 1. The fraction of sp³-hybridized carbons (Fsp3) is 0.417. The number of likely N-dealkylation sites (N-methyl/N-ethyl adjacent to an activating group) is 1. The normalized spacial score (nSPS) is 12.9. The third-order valence-corrected chi connectivity index (χ3v) is 3.61. The molecule has 100 valence electrons. The van der Waals surface area contributed by atoms with Crippen LogP contribution < -0.4 is 5.32 Å². The van der Waals surface area contributed by atoms with Gasteiger partial charge in [-0.3, -0.25) is 4.79 Å². The van der Waals surface area contributed by atoms with Crippen LogP contribution in [0.1, 0.15) is 6.92 Å². The zero-order valence-corrected chi connectivity index (χ0v) is 11.8. The second-order valence-electron chi connectivity index (χ2n) is 4.40. The Morgan fingerprint density at radius 3 is 2.11 bits per heavy atom. The summed E-state index contributed by atoms with van der Waals surface area (Å²) in [5.74, 6) is -0.0396. The molecule has 1 aromatic rings. The van der Waals surface area contributed by atoms with E-state index in [-0.39, 0.29) is 16.8 Å². The van der Waals surface area contributed by atoms with Crippen molar-refractivity contribution < 1.29 is 13.2 Å². The van der Waals surface area contributed by atoms with Gasteiger partial charge in [-0.1, -0.05) is 0 Å². The first-order chi connectivity index (χ1) is 8.21. The lowest BCUT2D eigenvalue weighted by atomic mass is 10.2. The van der Waals surface area contributed by atoms with Gasteiger partial charge < -0.3 is 10.2 Å². The molecule has 0 radical (unpaired) electrons. The molecule has 1 unspecified atom stereocenters. The van der Waals surface area contributed by atoms with Crippen molar-refractivity contribution in [3.05, 3.63) is 24.3 Å². The highest BCUT2D eigenvalue weighted by molar-refractivity contribution is 7.90. The minimum absolute atomic E-state index is 0.0396. The Kier molecular flexibility index (Phi) is 4.34. The third-order valence-electron chi connectivity index (χ3n) is 2.48. The molecule has 1 N–H and O–H groups in total. The van der Waals surface area contributed by atoms with Gasteiger partial charge in [-0.25, -0.2) is 8.42 Å². The zero-order chi connectivity index (χ0) is 13.9. The van der Waals surface area contributed by atoms with E-state index in [1.165, 1.54) is 17.0 Å². The van der Waals surface area contributed by atoms with E-state index in [9.17, 15) is 13.2 Å². The van der Waals surface area contributed by atoms with E-state index in [2.05, 4.69) is 5.32 Å². The zero-order valence-electron chi connectivity index (χ0n) is 11.0. The number of carbonyl (C=O) groups excluding carboxylic acids is 1. The maximum Gasteiger partial charge on any atom is 0.244 e. The molecule has 0 spiro atoms. The van der Waals surface area contributed by atoms with E-state index in [4.69, 9.17) is 0 Å². The van der Waals surface area contributed by atoms with Crippen molar-refractivity contribution >= 4 is 21.4 Å². The highest BCUT2D eigenvalue weighted by atomic mass is 32.2. The molecule has 0 aromatic heterocycles. The van der Waals surface area contributed by atoms with Gasteiger partial charge >= 0.3 is 0 Å². The Morgan fingerprint density at radius 1 is 1.22 bits per heavy atom. The fourth-order valence-corrected chi connectivity index (χ4v) is 2.13. The summed E-state index contributed by atoms with van der Waals surface area (Å²) in [5.41, 5.74) is 0.713. The number of benzene rings is 1. The molecule has 0 aliphatic heterocycles. The van der Waals surface area contributed by atoms with Crippen LogP contribution in [0.25, 0.3) is 0 Å². The van der Waals surface area contributed by atoms with E-state index in [0.717, 1.165) is 6.26 Å². The Morgan fingerprint density at radius 2 is 1.72 bits per heavy atom. The molecular formula is C12H18N2O3S. The smallest absolute Gasteiger partial charge is 0.244 e. The van der Waals surface area contributed by atoms with E-state index in [1.807, 2.05) is 0 Å². The van der Waals surface area contributed by atoms with Gasteiger partial charge in [0.25, 0.3) is 0 Å². The predicted octanol–water partition coefficient (Wildman–Crippen LogP) is 0.979. The number of rotatable bonds is 4. The summed E-state index contributed by atoms with van der Waals surface area (Å²) in [5, 5.41) is 3.02. The van der Waals surface area contributed by atoms with Crippen LogP contribution in [0.4, 0.5) is 5.69 Å². The van der Waals surface area contributed by atoms with Crippen LogP contribution in [0, 0.1) is 0 Å². The fourth-order valence-electron chi connectivity index (χ4n) is 1.50. The SMILES string of the molecule is CC(Nc1ccc(S(C)(=O)=O)cc1)C(=O)N(C)C. The first kappa shape index (κ1) is 14.5. The number of carbonyl (C=O) groups is 1. The average Bonchev–Trinajstić information content (AvgIpc) is 2.27. The molecule has 1 aromatic carbocycles. The standard InChI is InChI=1S/C12H18N2O3S/c1-9(12(15)14(2)3)13-10-5-7-11(8-6-10)18(4,16)17/h5-9,13H,1-4H3. The summed E-state index contributed by atoms with van der Waals surface area (Å²) in [6, 6.07) is 5.98. The van der Waals surface area contributed by atoms with Crippen LogP contribution in [0.5, 0.6) is 0 Å². The van der Waals surface area contributed by atoms with E-state index < -0.39 is 9.84 Å². The average molecular weight is 270 g/mol. The molecule has 0 fully saturated rings. The van der Waals surface area contributed by atoms with Gasteiger partial charge in [-0.05, 0) is 31.2 Å². The number of sulfone groups is 1. The molecule has 0 bridgehead atoms. The van der Waals surface area contributed by atoms with Crippen LogP contribution in [0.3, 0.4) is 0 Å². The highest BCUT2D eigenvalue weighted by Crippen LogP contribution is 2.14. The van der Waals surface area contributed by atoms with Gasteiger partial charge in [0.15, 0.2) is 9.84 Å². The molecule has 1 atom stereocenters. The van der Waals surface area contributed by atoms with E-state index >= 15 is 0 Å². The Labute approximate surface area is 108 Å². The summed E-state index contributed by atoms with van der Waals surface area (Å²) >= 11 is 0. The van der Waals surface area contributed by atoms with Crippen molar-refractivity contribution in [2.45, 2.75) is 17.9 Å². The van der Waals surface area contributed by atoms with Crippen molar-refractivity contribution in [3.8, 4) is 0 Å². The Balaban J connectivity index is 2.79. The number of nitrogens with zero attached hydrogens (tertiary/aromatic N) is 1. The van der Waals surface area contributed by atoms with Gasteiger partial charge in [0.1, 0.15) is 6.04 Å². The minimum atomic E-state index is -3.18. The van der Waals surface area contributed by atoms with Gasteiger partial charge in [0.2, 0.25) is 5.91 Å². The molecule has 5 nitrogen and oxygen atoms in total. The van der Waals surface area contributed by atoms with Crippen LogP contribution in [-0.2, 0) is 14.6 Å². The van der Waals surface area contributed by atoms with E-state index in [0.29, 0.717) is 5.69 Å². The lowest BCUT2D eigenvalue weighted by Gasteiger charge is -2.19. The monoisotopic (exact) mass is 270 g/mol. The lowest BCUT2D eigenvalue weighted by Crippen LogP contribution is -2.36. The second kappa shape index (κ2) is 5.39.